The minimum Gasteiger partial charge on any atom is -0.493 e. The number of ether oxygens (including phenoxy) is 3. The number of nitrogens with one attached hydrogen (secondary N) is 1. The number of nitrogens with zero attached hydrogens (tertiary/aromatic N) is 3. The molecule has 0 aliphatic carbocycles. The monoisotopic (exact) mass is 936 g/mol. The number of aliphatic imine (C=N–C) groups is 1. The van der Waals surface area contributed by atoms with Crippen molar-refractivity contribution in [3.8, 4) is 17.2 Å². The van der Waals surface area contributed by atoms with Crippen LogP contribution in [0, 0.1) is 6.92 Å². The first kappa shape index (κ1) is 46.1. The molecule has 4 aliphatic heterocycles. The van der Waals surface area contributed by atoms with Crippen molar-refractivity contribution in [1.82, 2.24) is 0 Å². The van der Waals surface area contributed by atoms with Gasteiger partial charge in [0.2, 0.25) is 5.91 Å². The predicted molar refractivity (Wildman–Crippen MR) is 269 cm³/mol. The van der Waals surface area contributed by atoms with E-state index in [1.54, 1.807) is 34.8 Å². The zero-order chi connectivity index (χ0) is 46.6. The minimum absolute atomic E-state index is 0.0263. The maximum atomic E-state index is 14.1. The maximum Gasteiger partial charge on any atom is 0.261 e. The van der Waals surface area contributed by atoms with E-state index in [-0.39, 0.29) is 43.0 Å². The van der Waals surface area contributed by atoms with Crippen LogP contribution in [0.4, 0.5) is 22.7 Å². The zero-order valence-electron chi connectivity index (χ0n) is 38.5. The van der Waals surface area contributed by atoms with Crippen LogP contribution in [0.3, 0.4) is 0 Å². The Morgan fingerprint density at radius 1 is 0.806 bits per heavy atom. The fraction of sp³-hybridized carbons (Fsp3) is 0.352. The van der Waals surface area contributed by atoms with Crippen LogP contribution in [0.1, 0.15) is 106 Å². The number of anilines is 3. The summed E-state index contributed by atoms with van der Waals surface area (Å²) in [6.45, 7) is 6.31. The number of para-hydroxylation sites is 2. The molecule has 4 heterocycles. The number of carbonyl (C=O) groups excluding carboxylic acids is 4. The molecule has 346 valence electrons. The van der Waals surface area contributed by atoms with E-state index in [0.29, 0.717) is 76.5 Å². The molecule has 3 amide bonds. The summed E-state index contributed by atoms with van der Waals surface area (Å²) < 4.78 is 18.8. The van der Waals surface area contributed by atoms with Crippen molar-refractivity contribution in [1.29, 1.82) is 0 Å². The summed E-state index contributed by atoms with van der Waals surface area (Å²) >= 11 is 0. The van der Waals surface area contributed by atoms with Crippen molar-refractivity contribution >= 4 is 74.1 Å². The maximum absolute atomic E-state index is 14.1. The highest BCUT2D eigenvalue weighted by molar-refractivity contribution is 8.76. The van der Waals surface area contributed by atoms with Crippen LogP contribution in [0.25, 0.3) is 0 Å². The van der Waals surface area contributed by atoms with Gasteiger partial charge in [-0.15, -0.1) is 0 Å². The van der Waals surface area contributed by atoms with E-state index in [9.17, 15) is 19.2 Å². The number of ketones is 1. The quantitative estimate of drug-likeness (QED) is 0.0675. The highest BCUT2D eigenvalue weighted by Crippen LogP contribution is 2.42. The summed E-state index contributed by atoms with van der Waals surface area (Å²) in [5, 5.41) is 3.48. The van der Waals surface area contributed by atoms with Gasteiger partial charge in [0.15, 0.2) is 11.5 Å². The molecule has 1 N–H and O–H groups in total. The van der Waals surface area contributed by atoms with Crippen molar-refractivity contribution in [2.75, 3.05) is 28.0 Å². The molecule has 3 atom stereocenters. The Morgan fingerprint density at radius 3 is 2.25 bits per heavy atom. The van der Waals surface area contributed by atoms with E-state index in [4.69, 9.17) is 19.2 Å². The minimum atomic E-state index is -0.153. The summed E-state index contributed by atoms with van der Waals surface area (Å²) in [6, 6.07) is 29.3. The van der Waals surface area contributed by atoms with E-state index >= 15 is 0 Å². The van der Waals surface area contributed by atoms with Crippen LogP contribution >= 0.6 is 21.6 Å². The molecule has 0 bridgehead atoms. The molecule has 13 heteroatoms. The molecule has 9 rings (SSSR count). The topological polar surface area (TPSA) is 127 Å². The molecular formula is C54H56N4O7S2. The summed E-state index contributed by atoms with van der Waals surface area (Å²) in [6.07, 6.45) is 8.09. The molecule has 0 radical (unpaired) electrons. The predicted octanol–water partition coefficient (Wildman–Crippen LogP) is 11.2. The molecular weight excluding hydrogens is 881 g/mol. The van der Waals surface area contributed by atoms with Gasteiger partial charge in [-0.05, 0) is 121 Å². The summed E-state index contributed by atoms with van der Waals surface area (Å²) in [5.41, 5.74) is 9.91. The molecule has 4 aliphatic rings. The molecule has 0 spiro atoms. The van der Waals surface area contributed by atoms with Gasteiger partial charge in [-0.25, -0.2) is 0 Å². The average Bonchev–Trinajstić information content (AvgIpc) is 3.83. The number of rotatable bonds is 18. The lowest BCUT2D eigenvalue weighted by Gasteiger charge is -2.23. The van der Waals surface area contributed by atoms with Gasteiger partial charge in [-0.1, -0.05) is 71.8 Å². The highest BCUT2D eigenvalue weighted by Gasteiger charge is 2.38. The van der Waals surface area contributed by atoms with Crippen molar-refractivity contribution in [3.05, 3.63) is 136 Å². The van der Waals surface area contributed by atoms with Gasteiger partial charge in [0.1, 0.15) is 24.7 Å². The third-order valence-corrected chi connectivity index (χ3v) is 16.1. The summed E-state index contributed by atoms with van der Waals surface area (Å²) in [7, 11) is 5.09. The van der Waals surface area contributed by atoms with Crippen LogP contribution in [0.5, 0.6) is 17.2 Å². The molecule has 11 nitrogen and oxygen atoms in total. The van der Waals surface area contributed by atoms with Gasteiger partial charge >= 0.3 is 0 Å². The van der Waals surface area contributed by atoms with Crippen molar-refractivity contribution in [2.45, 2.75) is 109 Å². The van der Waals surface area contributed by atoms with Gasteiger partial charge in [0, 0.05) is 77.6 Å². The number of Topliss-reactive ketones (excluding diaryl/α,β-unsaturated/α-hetero) is 1. The van der Waals surface area contributed by atoms with E-state index in [0.717, 1.165) is 77.0 Å². The van der Waals surface area contributed by atoms with Crippen LogP contribution in [0.15, 0.2) is 96.0 Å². The Labute approximate surface area is 400 Å². The lowest BCUT2D eigenvalue weighted by atomic mass is 9.99. The molecule has 5 aromatic carbocycles. The van der Waals surface area contributed by atoms with E-state index in [1.165, 1.54) is 5.56 Å². The zero-order valence-corrected chi connectivity index (χ0v) is 40.1. The molecule has 0 saturated carbocycles. The second kappa shape index (κ2) is 20.4. The fourth-order valence-corrected chi connectivity index (χ4v) is 11.9. The van der Waals surface area contributed by atoms with Gasteiger partial charge in [-0.3, -0.25) is 29.1 Å². The number of hydrogen-bond donors (Lipinski definition) is 1. The first-order valence-corrected chi connectivity index (χ1v) is 25.7. The van der Waals surface area contributed by atoms with Gasteiger partial charge < -0.3 is 24.4 Å². The van der Waals surface area contributed by atoms with Crippen molar-refractivity contribution in [3.63, 3.8) is 0 Å². The van der Waals surface area contributed by atoms with Crippen LogP contribution in [0.2, 0.25) is 0 Å². The van der Waals surface area contributed by atoms with Gasteiger partial charge in [0.25, 0.3) is 11.8 Å². The largest absolute Gasteiger partial charge is 0.493 e. The third-order valence-electron chi connectivity index (χ3n) is 13.0. The molecule has 1 unspecified atom stereocenters. The number of carbonyl (C=O) groups is 4. The molecule has 0 fully saturated rings. The number of methoxy groups -OCH3 is 1. The Bertz CT molecular complexity index is 2760. The smallest absolute Gasteiger partial charge is 0.261 e. The Balaban J connectivity index is 0.911. The van der Waals surface area contributed by atoms with Crippen molar-refractivity contribution < 1.29 is 33.4 Å². The summed E-state index contributed by atoms with van der Waals surface area (Å²) in [4.78, 5) is 61.8. The Kier molecular flexibility index (Phi) is 14.1. The van der Waals surface area contributed by atoms with Crippen LogP contribution in [-0.2, 0) is 42.1 Å². The first-order chi connectivity index (χ1) is 32.6. The Hall–Kier alpha value is -6.05. The summed E-state index contributed by atoms with van der Waals surface area (Å²) in [5.74, 6) is 2.52. The normalized spacial score (nSPS) is 17.0. The molecule has 0 aromatic heterocycles. The van der Waals surface area contributed by atoms with E-state index < -0.39 is 0 Å². The van der Waals surface area contributed by atoms with E-state index in [2.05, 4.69) is 24.4 Å². The number of aryl methyl sites for hydroxylation is 2. The number of hydrogen-bond acceptors (Lipinski definition) is 10. The molecule has 67 heavy (non-hydrogen) atoms. The molecule has 5 aromatic rings. The van der Waals surface area contributed by atoms with Crippen LogP contribution < -0.4 is 29.3 Å². The van der Waals surface area contributed by atoms with Crippen LogP contribution in [-0.4, -0.2) is 59.9 Å². The lowest BCUT2D eigenvalue weighted by Crippen LogP contribution is -2.37. The highest BCUT2D eigenvalue weighted by atomic mass is 33.1. The number of benzene rings is 5. The lowest BCUT2D eigenvalue weighted by molar-refractivity contribution is -0.119. The Morgan fingerprint density at radius 2 is 1.51 bits per heavy atom. The standard InChI is InChI=1S/C54H56N4O7S2/c1-5-43(59)19-16-34(3)67-66-20-10-15-52(60)56-40-23-35(31-64-49-29-46-45(21-33(49)2)54(62)58-42(30-55-46)26-39-12-7-9-14-48(39)58)22-36(24-40)32-65-51-27-37-17-18-41-25-38-11-6-8-13-47(38)57(41)53(61)44(37)28-50(51)63-4/h6-9,11-14,21-24,27-30,34,41-42H,5,10,15-20,25-26,31-32H2,1-4H3,(H,56,60)/t34?,41-,42+/m1/s1. The fourth-order valence-electron chi connectivity index (χ4n) is 9.49. The third kappa shape index (κ3) is 10.1. The van der Waals surface area contributed by atoms with E-state index in [1.807, 2.05) is 103 Å². The number of fused-ring (bicyclic) bond motifs is 8. The second-order valence-electron chi connectivity index (χ2n) is 17.8. The average molecular weight is 937 g/mol. The first-order valence-electron chi connectivity index (χ1n) is 23.3. The van der Waals surface area contributed by atoms with Gasteiger partial charge in [-0.2, -0.15) is 0 Å². The second-order valence-corrected chi connectivity index (χ2v) is 20.7. The van der Waals surface area contributed by atoms with Gasteiger partial charge in [0.05, 0.1) is 24.4 Å². The van der Waals surface area contributed by atoms with Crippen molar-refractivity contribution in [2.24, 2.45) is 4.99 Å². The molecule has 0 saturated heterocycles. The number of amides is 3. The SMILES string of the molecule is CCC(=O)CCC(C)SSCCCC(=O)Nc1cc(COc2cc3c(cc2C)C(=O)N2c4ccccc4C[C@H]2C=N3)cc(COc2cc3c(cc2OC)C(=O)N2c4ccccc4C[C@H]2CC3)c1.